The van der Waals surface area contributed by atoms with Crippen molar-refractivity contribution in [2.45, 2.75) is 52.1 Å². The number of rotatable bonds is 7. The first-order chi connectivity index (χ1) is 6.02. The molecule has 0 heterocycles. The van der Waals surface area contributed by atoms with E-state index in [1.165, 1.54) is 0 Å². The van der Waals surface area contributed by atoms with Crippen molar-refractivity contribution in [2.75, 3.05) is 6.54 Å². The third-order valence-corrected chi connectivity index (χ3v) is 1.73. The molecule has 13 heavy (non-hydrogen) atoms. The molecule has 0 fully saturated rings. The van der Waals surface area contributed by atoms with E-state index < -0.39 is 12.1 Å². The van der Waals surface area contributed by atoms with Crippen LogP contribution in [-0.4, -0.2) is 28.8 Å². The smallest absolute Gasteiger partial charge is 0.170 e. The molecule has 4 heteroatoms. The second-order valence-electron chi connectivity index (χ2n) is 3.45. The van der Waals surface area contributed by atoms with Crippen molar-refractivity contribution < 1.29 is 10.2 Å². The molecule has 0 aliphatic rings. The summed E-state index contributed by atoms with van der Waals surface area (Å²) in [4.78, 5) is 0. The van der Waals surface area contributed by atoms with Crippen LogP contribution >= 0.6 is 0 Å². The monoisotopic (exact) mass is 190 g/mol. The van der Waals surface area contributed by atoms with E-state index in [0.29, 0.717) is 6.42 Å². The van der Waals surface area contributed by atoms with E-state index in [9.17, 15) is 10.2 Å². The van der Waals surface area contributed by atoms with Gasteiger partial charge in [-0.15, -0.1) is 0 Å². The SMILES string of the molecule is CCCNC(C)(O)NC(O)CCC. The Morgan fingerprint density at radius 2 is 1.92 bits per heavy atom. The number of nitrogens with one attached hydrogen (secondary N) is 2. The van der Waals surface area contributed by atoms with Gasteiger partial charge < -0.3 is 10.2 Å². The highest BCUT2D eigenvalue weighted by Crippen LogP contribution is 1.99. The minimum atomic E-state index is -1.18. The Bertz CT molecular complexity index is 129. The largest absolute Gasteiger partial charge is 0.378 e. The molecule has 0 aliphatic carbocycles. The second-order valence-corrected chi connectivity index (χ2v) is 3.45. The van der Waals surface area contributed by atoms with Crippen molar-refractivity contribution in [3.63, 3.8) is 0 Å². The van der Waals surface area contributed by atoms with Crippen molar-refractivity contribution in [2.24, 2.45) is 0 Å². The maximum atomic E-state index is 9.66. The Morgan fingerprint density at radius 1 is 1.31 bits per heavy atom. The van der Waals surface area contributed by atoms with Crippen LogP contribution in [0.4, 0.5) is 0 Å². The quantitative estimate of drug-likeness (QED) is 0.438. The van der Waals surface area contributed by atoms with E-state index in [-0.39, 0.29) is 0 Å². The zero-order chi connectivity index (χ0) is 10.3. The van der Waals surface area contributed by atoms with E-state index in [2.05, 4.69) is 10.6 Å². The van der Waals surface area contributed by atoms with Crippen LogP contribution in [0.2, 0.25) is 0 Å². The van der Waals surface area contributed by atoms with Gasteiger partial charge in [-0.2, -0.15) is 0 Å². The average molecular weight is 190 g/mol. The number of hydrogen-bond acceptors (Lipinski definition) is 4. The van der Waals surface area contributed by atoms with Gasteiger partial charge in [0.25, 0.3) is 0 Å². The van der Waals surface area contributed by atoms with Gasteiger partial charge in [0.05, 0.1) is 0 Å². The molecule has 0 saturated heterocycles. The number of aliphatic hydroxyl groups excluding tert-OH is 1. The molecule has 4 nitrogen and oxygen atoms in total. The van der Waals surface area contributed by atoms with Crippen molar-refractivity contribution in [1.29, 1.82) is 0 Å². The Balaban J connectivity index is 3.71. The van der Waals surface area contributed by atoms with Gasteiger partial charge in [-0.3, -0.25) is 10.6 Å². The Labute approximate surface area is 80.3 Å². The average Bonchev–Trinajstić information content (AvgIpc) is 2.00. The molecule has 2 atom stereocenters. The minimum Gasteiger partial charge on any atom is -0.378 e. The Morgan fingerprint density at radius 3 is 2.38 bits per heavy atom. The summed E-state index contributed by atoms with van der Waals surface area (Å²) in [5.41, 5.74) is 0. The lowest BCUT2D eigenvalue weighted by molar-refractivity contribution is -0.0592. The molecule has 0 aromatic heterocycles. The van der Waals surface area contributed by atoms with Gasteiger partial charge in [0.1, 0.15) is 6.23 Å². The lowest BCUT2D eigenvalue weighted by atomic mass is 10.3. The van der Waals surface area contributed by atoms with Crippen LogP contribution in [0, 0.1) is 0 Å². The molecule has 80 valence electrons. The summed E-state index contributed by atoms with van der Waals surface area (Å²) in [6.45, 7) is 6.32. The fraction of sp³-hybridized carbons (Fsp3) is 1.00. The zero-order valence-corrected chi connectivity index (χ0v) is 8.80. The lowest BCUT2D eigenvalue weighted by Gasteiger charge is -2.28. The van der Waals surface area contributed by atoms with Crippen molar-refractivity contribution in [3.8, 4) is 0 Å². The molecule has 0 aromatic rings. The van der Waals surface area contributed by atoms with Gasteiger partial charge in [0.15, 0.2) is 5.85 Å². The third kappa shape index (κ3) is 6.95. The number of hydrogen-bond donors (Lipinski definition) is 4. The minimum absolute atomic E-state index is 0.643. The molecule has 0 aliphatic heterocycles. The van der Waals surface area contributed by atoms with E-state index >= 15 is 0 Å². The van der Waals surface area contributed by atoms with Crippen LogP contribution in [0.1, 0.15) is 40.0 Å². The van der Waals surface area contributed by atoms with Gasteiger partial charge in [-0.05, 0) is 26.3 Å². The highest BCUT2D eigenvalue weighted by molar-refractivity contribution is 4.68. The predicted molar refractivity (Wildman–Crippen MR) is 53.0 cm³/mol. The van der Waals surface area contributed by atoms with Crippen LogP contribution in [0.15, 0.2) is 0 Å². The molecule has 0 aromatic carbocycles. The van der Waals surface area contributed by atoms with Crippen LogP contribution in [0.25, 0.3) is 0 Å². The van der Waals surface area contributed by atoms with Gasteiger partial charge in [0.2, 0.25) is 0 Å². The molecule has 0 saturated carbocycles. The summed E-state index contributed by atoms with van der Waals surface area (Å²) in [6, 6.07) is 0. The third-order valence-electron chi connectivity index (χ3n) is 1.73. The molecule has 2 unspecified atom stereocenters. The lowest BCUT2D eigenvalue weighted by Crippen LogP contribution is -2.58. The van der Waals surface area contributed by atoms with Crippen LogP contribution < -0.4 is 10.6 Å². The predicted octanol–water partition coefficient (Wildman–Crippen LogP) is 0.360. The molecule has 4 N–H and O–H groups in total. The highest BCUT2D eigenvalue weighted by atomic mass is 16.3. The van der Waals surface area contributed by atoms with Crippen LogP contribution in [0.3, 0.4) is 0 Å². The molecule has 0 rings (SSSR count). The van der Waals surface area contributed by atoms with E-state index in [1.54, 1.807) is 6.92 Å². The molecule has 0 amide bonds. The van der Waals surface area contributed by atoms with Gasteiger partial charge in [-0.25, -0.2) is 0 Å². The molecular formula is C9H22N2O2. The van der Waals surface area contributed by atoms with Crippen molar-refractivity contribution in [1.82, 2.24) is 10.6 Å². The standard InChI is InChI=1S/C9H22N2O2/c1-4-6-8(12)11-9(3,13)10-7-5-2/h8,10-13H,4-7H2,1-3H3. The van der Waals surface area contributed by atoms with Gasteiger partial charge in [0, 0.05) is 0 Å². The van der Waals surface area contributed by atoms with E-state index in [4.69, 9.17) is 0 Å². The first-order valence-electron chi connectivity index (χ1n) is 4.95. The fourth-order valence-electron chi connectivity index (χ4n) is 1.09. The topological polar surface area (TPSA) is 64.5 Å². The summed E-state index contributed by atoms with van der Waals surface area (Å²) in [7, 11) is 0. The number of aliphatic hydroxyl groups is 2. The Hall–Kier alpha value is -0.160. The molecular weight excluding hydrogens is 168 g/mol. The van der Waals surface area contributed by atoms with Gasteiger partial charge in [-0.1, -0.05) is 20.3 Å². The molecule has 0 radical (unpaired) electrons. The summed E-state index contributed by atoms with van der Waals surface area (Å²) in [5.74, 6) is -1.18. The van der Waals surface area contributed by atoms with Gasteiger partial charge >= 0.3 is 0 Å². The summed E-state index contributed by atoms with van der Waals surface area (Å²) in [5, 5.41) is 24.6. The van der Waals surface area contributed by atoms with Crippen molar-refractivity contribution in [3.05, 3.63) is 0 Å². The molecule has 0 bridgehead atoms. The second kappa shape index (κ2) is 6.32. The van der Waals surface area contributed by atoms with E-state index in [1.807, 2.05) is 13.8 Å². The van der Waals surface area contributed by atoms with E-state index in [0.717, 1.165) is 19.4 Å². The first kappa shape index (κ1) is 12.8. The summed E-state index contributed by atoms with van der Waals surface area (Å²) in [6.07, 6.45) is 1.83. The Kier molecular flexibility index (Phi) is 6.24. The van der Waals surface area contributed by atoms with Crippen molar-refractivity contribution >= 4 is 0 Å². The highest BCUT2D eigenvalue weighted by Gasteiger charge is 2.20. The zero-order valence-electron chi connectivity index (χ0n) is 8.80. The van der Waals surface area contributed by atoms with Crippen LogP contribution in [-0.2, 0) is 0 Å². The maximum absolute atomic E-state index is 9.66. The fourth-order valence-corrected chi connectivity index (χ4v) is 1.09. The first-order valence-corrected chi connectivity index (χ1v) is 4.95. The maximum Gasteiger partial charge on any atom is 0.170 e. The summed E-state index contributed by atoms with van der Waals surface area (Å²) < 4.78 is 0. The normalized spacial score (nSPS) is 18.2. The molecule has 0 spiro atoms. The van der Waals surface area contributed by atoms with Crippen LogP contribution in [0.5, 0.6) is 0 Å². The summed E-state index contributed by atoms with van der Waals surface area (Å²) >= 11 is 0.